The van der Waals surface area contributed by atoms with Crippen molar-refractivity contribution in [3.8, 4) is 11.5 Å². The molecule has 0 aliphatic rings. The number of hydrogen-bond acceptors (Lipinski definition) is 2. The highest BCUT2D eigenvalue weighted by molar-refractivity contribution is 9.10. The monoisotopic (exact) mass is 358 g/mol. The molecule has 2 aromatic rings. The summed E-state index contributed by atoms with van der Waals surface area (Å²) in [4.78, 5) is 10.7. The molecule has 21 heavy (non-hydrogen) atoms. The van der Waals surface area contributed by atoms with Gasteiger partial charge in [-0.2, -0.15) is 13.2 Å². The second-order valence-electron chi connectivity index (χ2n) is 4.38. The quantitative estimate of drug-likeness (QED) is 0.688. The van der Waals surface area contributed by atoms with Crippen molar-refractivity contribution in [3.05, 3.63) is 57.6 Å². The number of halogens is 4. The van der Waals surface area contributed by atoms with Crippen LogP contribution in [-0.4, -0.2) is 6.29 Å². The molecular formula is C15H10BrF3O2. The summed E-state index contributed by atoms with van der Waals surface area (Å²) in [5.74, 6) is 0.463. The van der Waals surface area contributed by atoms with Crippen LogP contribution in [0.2, 0.25) is 0 Å². The Balaban J connectivity index is 2.42. The van der Waals surface area contributed by atoms with Crippen LogP contribution in [0.25, 0.3) is 0 Å². The van der Waals surface area contributed by atoms with Gasteiger partial charge in [-0.15, -0.1) is 0 Å². The number of hydrogen-bond donors (Lipinski definition) is 0. The van der Waals surface area contributed by atoms with E-state index in [4.69, 9.17) is 4.74 Å². The number of ether oxygens (including phenoxy) is 1. The van der Waals surface area contributed by atoms with Crippen molar-refractivity contribution in [1.82, 2.24) is 0 Å². The fraction of sp³-hybridized carbons (Fsp3) is 0.133. The van der Waals surface area contributed by atoms with Crippen molar-refractivity contribution in [1.29, 1.82) is 0 Å². The molecule has 0 fully saturated rings. The van der Waals surface area contributed by atoms with Crippen molar-refractivity contribution in [3.63, 3.8) is 0 Å². The lowest BCUT2D eigenvalue weighted by Crippen LogP contribution is -2.09. The SMILES string of the molecule is Cc1ccc(Br)cc1Oc1ccc(C=O)c(C(F)(F)F)c1. The molecule has 0 heterocycles. The molecule has 0 saturated carbocycles. The molecule has 0 saturated heterocycles. The van der Waals surface area contributed by atoms with Gasteiger partial charge in [-0.05, 0) is 42.8 Å². The van der Waals surface area contributed by atoms with E-state index >= 15 is 0 Å². The molecule has 0 aliphatic heterocycles. The van der Waals surface area contributed by atoms with Crippen molar-refractivity contribution < 1.29 is 22.7 Å². The van der Waals surface area contributed by atoms with E-state index in [2.05, 4.69) is 15.9 Å². The minimum absolute atomic E-state index is 0.0223. The number of aldehydes is 1. The van der Waals surface area contributed by atoms with E-state index in [1.54, 1.807) is 25.1 Å². The van der Waals surface area contributed by atoms with E-state index < -0.39 is 17.3 Å². The van der Waals surface area contributed by atoms with Gasteiger partial charge in [-0.3, -0.25) is 4.79 Å². The van der Waals surface area contributed by atoms with Crippen molar-refractivity contribution in [2.24, 2.45) is 0 Å². The number of alkyl halides is 3. The van der Waals surface area contributed by atoms with Crippen molar-refractivity contribution in [2.45, 2.75) is 13.1 Å². The molecule has 0 amide bonds. The van der Waals surface area contributed by atoms with Gasteiger partial charge in [0, 0.05) is 10.0 Å². The van der Waals surface area contributed by atoms with E-state index in [1.807, 2.05) is 0 Å². The highest BCUT2D eigenvalue weighted by Crippen LogP contribution is 2.35. The Morgan fingerprint density at radius 1 is 1.14 bits per heavy atom. The highest BCUT2D eigenvalue weighted by Gasteiger charge is 2.33. The highest BCUT2D eigenvalue weighted by atomic mass is 79.9. The Morgan fingerprint density at radius 2 is 1.86 bits per heavy atom. The first-order chi connectivity index (χ1) is 9.81. The summed E-state index contributed by atoms with van der Waals surface area (Å²) in [5.41, 5.74) is -0.644. The van der Waals surface area contributed by atoms with E-state index in [-0.39, 0.29) is 12.0 Å². The summed E-state index contributed by atoms with van der Waals surface area (Å²) in [6.07, 6.45) is -4.43. The molecule has 2 aromatic carbocycles. The van der Waals surface area contributed by atoms with Crippen molar-refractivity contribution >= 4 is 22.2 Å². The number of aryl methyl sites for hydroxylation is 1. The zero-order valence-electron chi connectivity index (χ0n) is 10.9. The van der Waals surface area contributed by atoms with Crippen LogP contribution in [0.5, 0.6) is 11.5 Å². The van der Waals surface area contributed by atoms with Gasteiger partial charge in [-0.1, -0.05) is 22.0 Å². The zero-order chi connectivity index (χ0) is 15.6. The topological polar surface area (TPSA) is 26.3 Å². The van der Waals surface area contributed by atoms with Crippen LogP contribution < -0.4 is 4.74 Å². The van der Waals surface area contributed by atoms with Gasteiger partial charge in [0.1, 0.15) is 11.5 Å². The predicted octanol–water partition coefficient (Wildman–Crippen LogP) is 5.38. The van der Waals surface area contributed by atoms with Crippen LogP contribution in [0.15, 0.2) is 40.9 Å². The van der Waals surface area contributed by atoms with Gasteiger partial charge in [0.2, 0.25) is 0 Å². The average molecular weight is 359 g/mol. The Labute approximate surface area is 127 Å². The fourth-order valence-electron chi connectivity index (χ4n) is 1.76. The summed E-state index contributed by atoms with van der Waals surface area (Å²) in [6.45, 7) is 1.78. The first kappa shape index (κ1) is 15.6. The molecule has 0 unspecified atom stereocenters. The predicted molar refractivity (Wildman–Crippen MR) is 75.8 cm³/mol. The zero-order valence-corrected chi connectivity index (χ0v) is 12.5. The lowest BCUT2D eigenvalue weighted by molar-refractivity contribution is -0.137. The Morgan fingerprint density at radius 3 is 2.48 bits per heavy atom. The van der Waals surface area contributed by atoms with Crippen LogP contribution >= 0.6 is 15.9 Å². The summed E-state index contributed by atoms with van der Waals surface area (Å²) in [5, 5.41) is 0. The lowest BCUT2D eigenvalue weighted by Gasteiger charge is -2.13. The average Bonchev–Trinajstić information content (AvgIpc) is 2.42. The Kier molecular flexibility index (Phi) is 4.37. The number of rotatable bonds is 3. The van der Waals surface area contributed by atoms with E-state index in [9.17, 15) is 18.0 Å². The van der Waals surface area contributed by atoms with E-state index in [0.717, 1.165) is 22.2 Å². The van der Waals surface area contributed by atoms with Crippen LogP contribution in [0.1, 0.15) is 21.5 Å². The minimum Gasteiger partial charge on any atom is -0.457 e. The third kappa shape index (κ3) is 3.64. The molecule has 0 bridgehead atoms. The molecular weight excluding hydrogens is 349 g/mol. The molecule has 0 spiro atoms. The molecule has 0 atom stereocenters. The first-order valence-electron chi connectivity index (χ1n) is 5.91. The smallest absolute Gasteiger partial charge is 0.417 e. The van der Waals surface area contributed by atoms with Crippen LogP contribution in [0, 0.1) is 6.92 Å². The van der Waals surface area contributed by atoms with Gasteiger partial charge in [0.05, 0.1) is 5.56 Å². The van der Waals surface area contributed by atoms with Crippen molar-refractivity contribution in [2.75, 3.05) is 0 Å². The van der Waals surface area contributed by atoms with Gasteiger partial charge in [0.15, 0.2) is 6.29 Å². The van der Waals surface area contributed by atoms with Crippen LogP contribution in [-0.2, 0) is 6.18 Å². The third-order valence-corrected chi connectivity index (χ3v) is 3.33. The first-order valence-corrected chi connectivity index (χ1v) is 6.71. The maximum Gasteiger partial charge on any atom is 0.417 e. The molecule has 2 nitrogen and oxygen atoms in total. The Bertz CT molecular complexity index is 681. The standard InChI is InChI=1S/C15H10BrF3O2/c1-9-2-4-11(16)6-14(9)21-12-5-3-10(8-20)13(7-12)15(17,18)19/h2-8H,1H3. The second kappa shape index (κ2) is 5.89. The van der Waals surface area contributed by atoms with E-state index in [1.165, 1.54) is 6.07 Å². The fourth-order valence-corrected chi connectivity index (χ4v) is 2.10. The lowest BCUT2D eigenvalue weighted by atomic mass is 10.1. The summed E-state index contributed by atoms with van der Waals surface area (Å²) < 4.78 is 44.9. The minimum atomic E-state index is -4.61. The third-order valence-electron chi connectivity index (χ3n) is 2.84. The normalized spacial score (nSPS) is 11.3. The largest absolute Gasteiger partial charge is 0.457 e. The molecule has 6 heteroatoms. The van der Waals surface area contributed by atoms with Gasteiger partial charge in [0.25, 0.3) is 0 Å². The maximum atomic E-state index is 12.9. The maximum absolute atomic E-state index is 12.9. The molecule has 2 rings (SSSR count). The van der Waals surface area contributed by atoms with Crippen LogP contribution in [0.3, 0.4) is 0 Å². The summed E-state index contributed by atoms with van der Waals surface area (Å²) in [6, 6.07) is 8.50. The van der Waals surface area contributed by atoms with Gasteiger partial charge >= 0.3 is 6.18 Å². The van der Waals surface area contributed by atoms with Gasteiger partial charge in [-0.25, -0.2) is 0 Å². The molecule has 0 radical (unpaired) electrons. The Hall–Kier alpha value is -1.82. The summed E-state index contributed by atoms with van der Waals surface area (Å²) >= 11 is 3.27. The molecule has 0 aliphatic carbocycles. The number of carbonyl (C=O) groups excluding carboxylic acids is 1. The molecule has 110 valence electrons. The number of carbonyl (C=O) groups is 1. The second-order valence-corrected chi connectivity index (χ2v) is 5.29. The van der Waals surface area contributed by atoms with Crippen LogP contribution in [0.4, 0.5) is 13.2 Å². The van der Waals surface area contributed by atoms with Gasteiger partial charge < -0.3 is 4.74 Å². The molecule has 0 N–H and O–H groups in total. The number of benzene rings is 2. The molecule has 0 aromatic heterocycles. The van der Waals surface area contributed by atoms with E-state index in [0.29, 0.717) is 5.75 Å². The summed E-state index contributed by atoms with van der Waals surface area (Å²) in [7, 11) is 0.